The van der Waals surface area contributed by atoms with Crippen LogP contribution >= 0.6 is 0 Å². The fraction of sp³-hybridized carbons (Fsp3) is 0.500. The molecule has 1 saturated heterocycles. The molecule has 0 aliphatic carbocycles. The van der Waals surface area contributed by atoms with E-state index in [0.29, 0.717) is 43.2 Å². The first-order chi connectivity index (χ1) is 9.45. The molecule has 0 aromatic carbocycles. The Morgan fingerprint density at radius 3 is 2.60 bits per heavy atom. The van der Waals surface area contributed by atoms with E-state index in [1.54, 1.807) is 0 Å². The average molecular weight is 297 g/mol. The summed E-state index contributed by atoms with van der Waals surface area (Å²) in [7, 11) is -3.14. The summed E-state index contributed by atoms with van der Waals surface area (Å²) >= 11 is 0. The van der Waals surface area contributed by atoms with E-state index in [0.717, 1.165) is 0 Å². The van der Waals surface area contributed by atoms with Gasteiger partial charge in [0.25, 0.3) is 0 Å². The van der Waals surface area contributed by atoms with E-state index < -0.39 is 10.0 Å². The van der Waals surface area contributed by atoms with Crippen LogP contribution in [-0.2, 0) is 10.0 Å². The highest BCUT2D eigenvalue weighted by atomic mass is 32.2. The zero-order valence-corrected chi connectivity index (χ0v) is 11.8. The summed E-state index contributed by atoms with van der Waals surface area (Å²) in [5, 5.41) is 0. The number of rotatable bonds is 2. The second-order valence-corrected chi connectivity index (χ2v) is 6.64. The van der Waals surface area contributed by atoms with E-state index in [-0.39, 0.29) is 5.95 Å². The Morgan fingerprint density at radius 2 is 1.95 bits per heavy atom. The van der Waals surface area contributed by atoms with Crippen molar-refractivity contribution in [2.24, 2.45) is 0 Å². The third kappa shape index (κ3) is 2.27. The van der Waals surface area contributed by atoms with Crippen LogP contribution in [0.2, 0.25) is 0 Å². The summed E-state index contributed by atoms with van der Waals surface area (Å²) in [5.41, 5.74) is 6.90. The lowest BCUT2D eigenvalue weighted by Crippen LogP contribution is -2.48. The van der Waals surface area contributed by atoms with Gasteiger partial charge in [-0.3, -0.25) is 0 Å². The number of hydrogen-bond acceptors (Lipinski definition) is 7. The summed E-state index contributed by atoms with van der Waals surface area (Å²) in [6.07, 6.45) is 2.76. The molecule has 1 fully saturated rings. The Hall–Kier alpha value is -1.94. The second kappa shape index (κ2) is 4.56. The maximum atomic E-state index is 11.5. The fourth-order valence-electron chi connectivity index (χ4n) is 2.29. The lowest BCUT2D eigenvalue weighted by Gasteiger charge is -2.34. The Balaban J connectivity index is 1.89. The minimum Gasteiger partial charge on any atom is -0.368 e. The number of piperazine rings is 1. The van der Waals surface area contributed by atoms with Gasteiger partial charge in [-0.25, -0.2) is 13.4 Å². The normalized spacial score (nSPS) is 17.8. The molecule has 3 rings (SSSR count). The number of nitrogens with zero attached hydrogens (tertiary/aromatic N) is 5. The molecule has 108 valence electrons. The first-order valence-electron chi connectivity index (χ1n) is 6.12. The molecule has 10 heteroatoms. The zero-order chi connectivity index (χ0) is 14.3. The predicted molar refractivity (Wildman–Crippen MR) is 74.7 cm³/mol. The molecule has 0 amide bonds. The Bertz CT molecular complexity index is 733. The number of aromatic amines is 1. The molecule has 9 nitrogen and oxygen atoms in total. The van der Waals surface area contributed by atoms with Crippen molar-refractivity contribution < 1.29 is 8.42 Å². The third-order valence-electron chi connectivity index (χ3n) is 3.29. The van der Waals surface area contributed by atoms with Crippen LogP contribution in [0.25, 0.3) is 11.2 Å². The highest BCUT2D eigenvalue weighted by molar-refractivity contribution is 7.88. The molecule has 3 heterocycles. The highest BCUT2D eigenvalue weighted by Gasteiger charge is 2.25. The van der Waals surface area contributed by atoms with Crippen LogP contribution in [0.1, 0.15) is 0 Å². The van der Waals surface area contributed by atoms with Crippen molar-refractivity contribution in [1.29, 1.82) is 0 Å². The van der Waals surface area contributed by atoms with Crippen LogP contribution in [0.5, 0.6) is 0 Å². The standard InChI is InChI=1S/C10H15N7O2S/c1-20(18,19)17-4-2-16(3-5-17)9-7-8(13-6-12-7)14-10(11)15-9/h6H,2-5H2,1H3,(H3,11,12,13,14,15). The molecule has 3 N–H and O–H groups in total. The molecular formula is C10H15N7O2S. The smallest absolute Gasteiger partial charge is 0.224 e. The number of aromatic nitrogens is 4. The average Bonchev–Trinajstić information content (AvgIpc) is 2.85. The molecule has 0 spiro atoms. The SMILES string of the molecule is CS(=O)(=O)N1CCN(c2nc(N)nc3nc[nH]c23)CC1. The van der Waals surface area contributed by atoms with Crippen LogP contribution in [0.3, 0.4) is 0 Å². The van der Waals surface area contributed by atoms with Crippen molar-refractivity contribution in [3.8, 4) is 0 Å². The van der Waals surface area contributed by atoms with Gasteiger partial charge >= 0.3 is 0 Å². The van der Waals surface area contributed by atoms with Gasteiger partial charge in [-0.05, 0) is 0 Å². The lowest BCUT2D eigenvalue weighted by molar-refractivity contribution is 0.387. The first-order valence-corrected chi connectivity index (χ1v) is 7.96. The minimum atomic E-state index is -3.14. The third-order valence-corrected chi connectivity index (χ3v) is 4.59. The van der Waals surface area contributed by atoms with Crippen molar-refractivity contribution in [3.63, 3.8) is 0 Å². The van der Waals surface area contributed by atoms with Crippen molar-refractivity contribution >= 4 is 33.0 Å². The van der Waals surface area contributed by atoms with Crippen molar-refractivity contribution in [3.05, 3.63) is 6.33 Å². The number of H-pyrrole nitrogens is 1. The summed E-state index contributed by atoms with van der Waals surface area (Å²) < 4.78 is 24.5. The lowest BCUT2D eigenvalue weighted by atomic mass is 10.3. The number of anilines is 2. The largest absolute Gasteiger partial charge is 0.368 e. The molecule has 2 aromatic heterocycles. The molecule has 1 aliphatic heterocycles. The molecule has 2 aromatic rings. The van der Waals surface area contributed by atoms with E-state index in [9.17, 15) is 8.42 Å². The molecule has 0 atom stereocenters. The van der Waals surface area contributed by atoms with Gasteiger partial charge in [0.05, 0.1) is 12.6 Å². The fourth-order valence-corrected chi connectivity index (χ4v) is 3.12. The van der Waals surface area contributed by atoms with Crippen LogP contribution in [0.4, 0.5) is 11.8 Å². The summed E-state index contributed by atoms with van der Waals surface area (Å²) in [4.78, 5) is 17.3. The van der Waals surface area contributed by atoms with Gasteiger partial charge in [0.1, 0.15) is 5.52 Å². The van der Waals surface area contributed by atoms with Crippen LogP contribution in [0, 0.1) is 0 Å². The number of sulfonamides is 1. The van der Waals surface area contributed by atoms with E-state index in [4.69, 9.17) is 5.73 Å². The van der Waals surface area contributed by atoms with Gasteiger partial charge in [0.2, 0.25) is 16.0 Å². The summed E-state index contributed by atoms with van der Waals surface area (Å²) in [6, 6.07) is 0. The molecule has 0 saturated carbocycles. The van der Waals surface area contributed by atoms with E-state index in [1.807, 2.05) is 4.90 Å². The van der Waals surface area contributed by atoms with Gasteiger partial charge in [-0.2, -0.15) is 14.3 Å². The second-order valence-electron chi connectivity index (χ2n) is 4.66. The predicted octanol–water partition coefficient (Wildman–Crippen LogP) is -0.983. The molecule has 0 radical (unpaired) electrons. The van der Waals surface area contributed by atoms with Crippen molar-refractivity contribution in [1.82, 2.24) is 24.2 Å². The van der Waals surface area contributed by atoms with Crippen LogP contribution in [-0.4, -0.2) is 65.1 Å². The number of hydrogen-bond donors (Lipinski definition) is 2. The molecule has 1 aliphatic rings. The van der Waals surface area contributed by atoms with Crippen molar-refractivity contribution in [2.45, 2.75) is 0 Å². The van der Waals surface area contributed by atoms with Crippen LogP contribution in [0.15, 0.2) is 6.33 Å². The number of imidazole rings is 1. The van der Waals surface area contributed by atoms with Gasteiger partial charge < -0.3 is 15.6 Å². The van der Waals surface area contributed by atoms with Crippen molar-refractivity contribution in [2.75, 3.05) is 43.1 Å². The highest BCUT2D eigenvalue weighted by Crippen LogP contribution is 2.23. The molecular weight excluding hydrogens is 282 g/mol. The number of nitrogens with two attached hydrogens (primary N) is 1. The Labute approximate surface area is 115 Å². The number of nitrogens with one attached hydrogen (secondary N) is 1. The minimum absolute atomic E-state index is 0.158. The Kier molecular flexibility index (Phi) is 2.98. The first kappa shape index (κ1) is 13.1. The molecule has 20 heavy (non-hydrogen) atoms. The summed E-state index contributed by atoms with van der Waals surface area (Å²) in [5.74, 6) is 0.822. The van der Waals surface area contributed by atoms with Gasteiger partial charge in [0, 0.05) is 26.2 Å². The topological polar surface area (TPSA) is 121 Å². The molecule has 0 bridgehead atoms. The number of nitrogen functional groups attached to an aromatic ring is 1. The van der Waals surface area contributed by atoms with Gasteiger partial charge in [0.15, 0.2) is 11.5 Å². The maximum absolute atomic E-state index is 11.5. The van der Waals surface area contributed by atoms with E-state index >= 15 is 0 Å². The van der Waals surface area contributed by atoms with Gasteiger partial charge in [-0.1, -0.05) is 0 Å². The quantitative estimate of drug-likeness (QED) is 0.730. The Morgan fingerprint density at radius 1 is 1.25 bits per heavy atom. The van der Waals surface area contributed by atoms with Gasteiger partial charge in [-0.15, -0.1) is 0 Å². The maximum Gasteiger partial charge on any atom is 0.224 e. The van der Waals surface area contributed by atoms with E-state index in [2.05, 4.69) is 19.9 Å². The zero-order valence-electron chi connectivity index (χ0n) is 10.9. The summed E-state index contributed by atoms with van der Waals surface area (Å²) in [6.45, 7) is 1.96. The van der Waals surface area contributed by atoms with Crippen LogP contribution < -0.4 is 10.6 Å². The number of fused-ring (bicyclic) bond motifs is 1. The monoisotopic (exact) mass is 297 g/mol. The molecule has 0 unspecified atom stereocenters. The van der Waals surface area contributed by atoms with E-state index in [1.165, 1.54) is 16.9 Å².